The SMILES string of the molecule is CCCN(c1ccc([C+](c2ccc(N(CCC)c3c(C)cc(C)cc3C)cc2)c2ccc(NC3CCCCC3OC(=O)C(C)(C)CC)c3ccccc23)cc1)c1c(C)cc(C)cc1C. The second-order valence-electron chi connectivity index (χ2n) is 19.2. The Kier molecular flexibility index (Phi) is 14.5. The molecular formula is C59H72N3O2+. The normalized spacial score (nSPS) is 15.2. The fourth-order valence-electron chi connectivity index (χ4n) is 10.2. The molecule has 7 rings (SSSR count). The third-order valence-electron chi connectivity index (χ3n) is 13.6. The summed E-state index contributed by atoms with van der Waals surface area (Å²) in [6, 6.07) is 41.1. The summed E-state index contributed by atoms with van der Waals surface area (Å²) < 4.78 is 6.29. The van der Waals surface area contributed by atoms with E-state index in [1.807, 2.05) is 13.8 Å². The Hall–Kier alpha value is -5.68. The standard InChI is InChI=1S/C59H72N3O2/c1-12-33-61(56-41(6)35-39(4)36-42(56)7)47-27-23-45(24-28-47)55(46-25-29-48(30-26-46)62(34-13-2)57-43(8)37-40(5)38-44(57)9)51-31-32-52(50-20-16-15-19-49(50)51)60-53-21-17-18-22-54(53)64-58(63)59(10,11)14-3/h15-16,19-20,23-32,35-38,53-54,60H,12-14,17-18,21-22,33-34H2,1-11H3/q+1. The Morgan fingerprint density at radius 1 is 0.641 bits per heavy atom. The molecule has 1 aliphatic rings. The van der Waals surface area contributed by atoms with E-state index in [1.165, 1.54) is 84.1 Å². The van der Waals surface area contributed by atoms with E-state index >= 15 is 0 Å². The third kappa shape index (κ3) is 9.84. The fourth-order valence-corrected chi connectivity index (χ4v) is 10.2. The topological polar surface area (TPSA) is 44.8 Å². The number of hydrogen-bond acceptors (Lipinski definition) is 5. The zero-order valence-electron chi connectivity index (χ0n) is 40.6. The van der Waals surface area contributed by atoms with Gasteiger partial charge in [-0.1, -0.05) is 74.7 Å². The number of esters is 1. The first-order valence-corrected chi connectivity index (χ1v) is 24.0. The van der Waals surface area contributed by atoms with E-state index < -0.39 is 5.41 Å². The lowest BCUT2D eigenvalue weighted by molar-refractivity contribution is -0.161. The molecule has 1 N–H and O–H groups in total. The smallest absolute Gasteiger partial charge is 0.311 e. The Morgan fingerprint density at radius 3 is 1.58 bits per heavy atom. The quantitative estimate of drug-likeness (QED) is 0.0597. The summed E-state index contributed by atoms with van der Waals surface area (Å²) >= 11 is 0. The van der Waals surface area contributed by atoms with E-state index in [4.69, 9.17) is 4.74 Å². The minimum Gasteiger partial charge on any atom is -0.460 e. The van der Waals surface area contributed by atoms with Gasteiger partial charge in [-0.15, -0.1) is 0 Å². The number of carbonyl (C=O) groups excluding carboxylic acids is 1. The highest BCUT2D eigenvalue weighted by atomic mass is 16.5. The van der Waals surface area contributed by atoms with Crippen molar-refractivity contribution in [1.82, 2.24) is 0 Å². The Morgan fingerprint density at radius 2 is 1.11 bits per heavy atom. The number of aryl methyl sites for hydroxylation is 6. The molecular weight excluding hydrogens is 783 g/mol. The highest BCUT2D eigenvalue weighted by Gasteiger charge is 2.35. The van der Waals surface area contributed by atoms with E-state index in [-0.39, 0.29) is 18.1 Å². The Labute approximate surface area is 385 Å². The number of nitrogens with zero attached hydrogens (tertiary/aromatic N) is 2. The van der Waals surface area contributed by atoms with Gasteiger partial charge in [-0.05, 0) is 189 Å². The van der Waals surface area contributed by atoms with Crippen molar-refractivity contribution in [3.63, 3.8) is 0 Å². The first kappa shape index (κ1) is 46.3. The van der Waals surface area contributed by atoms with Crippen molar-refractivity contribution in [2.24, 2.45) is 5.41 Å². The highest BCUT2D eigenvalue weighted by Crippen LogP contribution is 2.42. The first-order chi connectivity index (χ1) is 30.7. The predicted octanol–water partition coefficient (Wildman–Crippen LogP) is 15.5. The summed E-state index contributed by atoms with van der Waals surface area (Å²) in [5.41, 5.74) is 16.9. The molecule has 334 valence electrons. The van der Waals surface area contributed by atoms with Crippen molar-refractivity contribution in [2.75, 3.05) is 28.2 Å². The second kappa shape index (κ2) is 20.0. The van der Waals surface area contributed by atoms with E-state index in [0.717, 1.165) is 69.1 Å². The molecule has 0 amide bonds. The van der Waals surface area contributed by atoms with E-state index in [0.29, 0.717) is 0 Å². The van der Waals surface area contributed by atoms with Gasteiger partial charge in [-0.25, -0.2) is 0 Å². The molecule has 1 aliphatic carbocycles. The summed E-state index contributed by atoms with van der Waals surface area (Å²) in [6.07, 6.45) is 6.69. The summed E-state index contributed by atoms with van der Waals surface area (Å²) in [4.78, 5) is 18.3. The molecule has 6 aromatic carbocycles. The van der Waals surface area contributed by atoms with Gasteiger partial charge in [0.25, 0.3) is 0 Å². The van der Waals surface area contributed by atoms with Gasteiger partial charge in [0, 0.05) is 35.2 Å². The molecule has 0 heterocycles. The Balaban J connectivity index is 1.32. The van der Waals surface area contributed by atoms with Gasteiger partial charge >= 0.3 is 5.97 Å². The fraction of sp³-hybridized carbons (Fsp3) is 0.390. The number of nitrogens with one attached hydrogen (secondary N) is 1. The molecule has 1 saturated carbocycles. The van der Waals surface area contributed by atoms with Gasteiger partial charge in [0.05, 0.1) is 51.1 Å². The lowest BCUT2D eigenvalue weighted by Crippen LogP contribution is -2.42. The third-order valence-corrected chi connectivity index (χ3v) is 13.6. The van der Waals surface area contributed by atoms with Crippen LogP contribution in [0.15, 0.2) is 109 Å². The van der Waals surface area contributed by atoms with Gasteiger partial charge in [0.2, 0.25) is 0 Å². The molecule has 0 aromatic heterocycles. The van der Waals surface area contributed by atoms with Gasteiger partial charge in [-0.2, -0.15) is 0 Å². The predicted molar refractivity (Wildman–Crippen MR) is 273 cm³/mol. The van der Waals surface area contributed by atoms with Crippen LogP contribution in [0.1, 0.15) is 130 Å². The number of carbonyl (C=O) groups is 1. The van der Waals surface area contributed by atoms with Crippen LogP contribution in [0.25, 0.3) is 10.8 Å². The summed E-state index contributed by atoms with van der Waals surface area (Å²) in [7, 11) is 0. The minimum atomic E-state index is -0.501. The molecule has 0 spiro atoms. The lowest BCUT2D eigenvalue weighted by atomic mass is 9.82. The maximum absolute atomic E-state index is 13.3. The van der Waals surface area contributed by atoms with Crippen molar-refractivity contribution in [3.8, 4) is 0 Å². The molecule has 2 unspecified atom stereocenters. The average molecular weight is 855 g/mol. The van der Waals surface area contributed by atoms with Crippen LogP contribution in [0.5, 0.6) is 0 Å². The van der Waals surface area contributed by atoms with Crippen LogP contribution < -0.4 is 15.1 Å². The molecule has 0 radical (unpaired) electrons. The monoisotopic (exact) mass is 855 g/mol. The minimum absolute atomic E-state index is 0.0434. The van der Waals surface area contributed by atoms with Crippen molar-refractivity contribution >= 4 is 45.2 Å². The molecule has 0 saturated heterocycles. The van der Waals surface area contributed by atoms with Crippen LogP contribution in [0.4, 0.5) is 28.4 Å². The molecule has 64 heavy (non-hydrogen) atoms. The van der Waals surface area contributed by atoms with Crippen molar-refractivity contribution < 1.29 is 9.53 Å². The Bertz CT molecular complexity index is 2400. The van der Waals surface area contributed by atoms with Crippen LogP contribution in [-0.4, -0.2) is 31.2 Å². The van der Waals surface area contributed by atoms with Crippen LogP contribution in [0.3, 0.4) is 0 Å². The van der Waals surface area contributed by atoms with Crippen molar-refractivity contribution in [2.45, 2.75) is 133 Å². The van der Waals surface area contributed by atoms with Gasteiger partial charge < -0.3 is 19.9 Å². The second-order valence-corrected chi connectivity index (χ2v) is 19.2. The van der Waals surface area contributed by atoms with E-state index in [1.54, 1.807) is 0 Å². The van der Waals surface area contributed by atoms with Gasteiger partial charge in [0.1, 0.15) is 6.10 Å². The van der Waals surface area contributed by atoms with Crippen molar-refractivity contribution in [3.05, 3.63) is 165 Å². The largest absolute Gasteiger partial charge is 0.460 e. The maximum Gasteiger partial charge on any atom is 0.311 e. The number of hydrogen-bond donors (Lipinski definition) is 1. The molecule has 5 nitrogen and oxygen atoms in total. The number of rotatable bonds is 16. The van der Waals surface area contributed by atoms with E-state index in [2.05, 4.69) is 187 Å². The highest BCUT2D eigenvalue weighted by molar-refractivity contribution is 5.98. The molecule has 6 aromatic rings. The number of benzene rings is 6. The molecule has 2 atom stereocenters. The van der Waals surface area contributed by atoms with Gasteiger partial charge in [0.15, 0.2) is 0 Å². The average Bonchev–Trinajstić information content (AvgIpc) is 3.27. The van der Waals surface area contributed by atoms with E-state index in [9.17, 15) is 4.79 Å². The van der Waals surface area contributed by atoms with Crippen LogP contribution in [0.2, 0.25) is 0 Å². The zero-order chi connectivity index (χ0) is 45.7. The number of ether oxygens (including phenoxy) is 1. The van der Waals surface area contributed by atoms with Crippen LogP contribution in [-0.2, 0) is 9.53 Å². The summed E-state index contributed by atoms with van der Waals surface area (Å²) in [5, 5.41) is 6.26. The van der Waals surface area contributed by atoms with Gasteiger partial charge in [-0.3, -0.25) is 4.79 Å². The van der Waals surface area contributed by atoms with Crippen molar-refractivity contribution in [1.29, 1.82) is 0 Å². The lowest BCUT2D eigenvalue weighted by Gasteiger charge is -2.35. The maximum atomic E-state index is 13.3. The van der Waals surface area contributed by atoms with Crippen LogP contribution in [0, 0.1) is 52.9 Å². The first-order valence-electron chi connectivity index (χ1n) is 24.0. The zero-order valence-corrected chi connectivity index (χ0v) is 40.6. The summed E-state index contributed by atoms with van der Waals surface area (Å²) in [6.45, 7) is 25.8. The summed E-state index contributed by atoms with van der Waals surface area (Å²) in [5.74, 6) is 1.09. The molecule has 0 bridgehead atoms. The molecule has 0 aliphatic heterocycles. The molecule has 1 fully saturated rings. The van der Waals surface area contributed by atoms with Crippen LogP contribution >= 0.6 is 0 Å². The number of fused-ring (bicyclic) bond motifs is 1. The number of anilines is 5. The molecule has 5 heteroatoms.